The minimum atomic E-state index is 0.00536. The van der Waals surface area contributed by atoms with E-state index in [0.29, 0.717) is 18.2 Å². The van der Waals surface area contributed by atoms with Crippen molar-refractivity contribution in [2.24, 2.45) is 0 Å². The molecule has 0 aromatic heterocycles. The van der Waals surface area contributed by atoms with Gasteiger partial charge in [-0.2, -0.15) is 0 Å². The number of carbonyl (C=O) groups excluding carboxylic acids is 1. The smallest absolute Gasteiger partial charge is 0.251 e. The van der Waals surface area contributed by atoms with Gasteiger partial charge in [0.2, 0.25) is 0 Å². The third kappa shape index (κ3) is 6.28. The summed E-state index contributed by atoms with van der Waals surface area (Å²) in [6.07, 6.45) is 6.57. The lowest BCUT2D eigenvalue weighted by Gasteiger charge is -2.35. The Hall–Kier alpha value is -2.62. The zero-order chi connectivity index (χ0) is 23.8. The first-order valence-electron chi connectivity index (χ1n) is 12.6. The second-order valence-corrected chi connectivity index (χ2v) is 9.62. The Labute approximate surface area is 209 Å². The first-order chi connectivity index (χ1) is 16.7. The lowest BCUT2D eigenvalue weighted by molar-refractivity contribution is 0.0952. The fourth-order valence-electron chi connectivity index (χ4n) is 5.01. The van der Waals surface area contributed by atoms with E-state index >= 15 is 0 Å². The summed E-state index contributed by atoms with van der Waals surface area (Å²) in [7, 11) is 0. The number of hydrogen-bond acceptors (Lipinski definition) is 2. The van der Waals surface area contributed by atoms with Gasteiger partial charge in [-0.05, 0) is 92.1 Å². The van der Waals surface area contributed by atoms with Gasteiger partial charge >= 0.3 is 0 Å². The Kier molecular flexibility index (Phi) is 8.79. The standard InChI is InChI=1S/C30H35ClN2O/c1-2-20-33(27-17-18-28-26(22-27)11-8-12-29(28)31)21-7-6-19-32-30(34)25-15-13-24(14-16-25)23-9-4-3-5-10-23/h3-5,8-16,27H,2,6-7,17-22H2,1H3,(H,32,34)/t27-/m1/s1. The van der Waals surface area contributed by atoms with Crippen molar-refractivity contribution in [3.8, 4) is 11.1 Å². The summed E-state index contributed by atoms with van der Waals surface area (Å²) >= 11 is 6.41. The Balaban J connectivity index is 1.22. The molecular weight excluding hydrogens is 440 g/mol. The van der Waals surface area contributed by atoms with Crippen molar-refractivity contribution in [1.82, 2.24) is 10.2 Å². The molecule has 3 nitrogen and oxygen atoms in total. The number of nitrogens with zero attached hydrogens (tertiary/aromatic N) is 1. The van der Waals surface area contributed by atoms with Gasteiger partial charge in [-0.15, -0.1) is 0 Å². The maximum absolute atomic E-state index is 12.6. The molecule has 178 valence electrons. The molecule has 4 heteroatoms. The Bertz CT molecular complexity index is 1060. The molecule has 1 atom stereocenters. The zero-order valence-corrected chi connectivity index (χ0v) is 20.9. The monoisotopic (exact) mass is 474 g/mol. The summed E-state index contributed by atoms with van der Waals surface area (Å²) in [5.41, 5.74) is 5.76. The SMILES string of the molecule is CCCN(CCCCNC(=O)c1ccc(-c2ccccc2)cc1)[C@@H]1CCc2c(Cl)cccc2C1. The summed E-state index contributed by atoms with van der Waals surface area (Å²) in [5, 5.41) is 4.01. The number of fused-ring (bicyclic) bond motifs is 1. The summed E-state index contributed by atoms with van der Waals surface area (Å²) < 4.78 is 0. The van der Waals surface area contributed by atoms with Crippen LogP contribution in [0.3, 0.4) is 0 Å². The van der Waals surface area contributed by atoms with Crippen LogP contribution in [0.5, 0.6) is 0 Å². The molecule has 0 bridgehead atoms. The van der Waals surface area contributed by atoms with Crippen molar-refractivity contribution < 1.29 is 4.79 Å². The molecule has 0 saturated carbocycles. The highest BCUT2D eigenvalue weighted by Gasteiger charge is 2.24. The third-order valence-corrected chi connectivity index (χ3v) is 7.19. The molecule has 34 heavy (non-hydrogen) atoms. The molecule has 1 aliphatic carbocycles. The highest BCUT2D eigenvalue weighted by atomic mass is 35.5. The molecule has 4 rings (SSSR count). The van der Waals surface area contributed by atoms with Gasteiger partial charge in [0.05, 0.1) is 0 Å². The maximum atomic E-state index is 12.6. The van der Waals surface area contributed by atoms with Crippen LogP contribution in [0.15, 0.2) is 72.8 Å². The number of halogens is 1. The van der Waals surface area contributed by atoms with Crippen molar-refractivity contribution in [3.05, 3.63) is 94.5 Å². The van der Waals surface area contributed by atoms with Gasteiger partial charge in [-0.1, -0.05) is 73.1 Å². The number of unbranched alkanes of at least 4 members (excludes halogenated alkanes) is 1. The normalized spacial score (nSPS) is 15.2. The van der Waals surface area contributed by atoms with E-state index in [9.17, 15) is 4.79 Å². The second-order valence-electron chi connectivity index (χ2n) is 9.22. The van der Waals surface area contributed by atoms with Crippen LogP contribution in [0.25, 0.3) is 11.1 Å². The van der Waals surface area contributed by atoms with Crippen LogP contribution in [-0.4, -0.2) is 36.5 Å². The fourth-order valence-corrected chi connectivity index (χ4v) is 5.29. The summed E-state index contributed by atoms with van der Waals surface area (Å²) in [6, 6.07) is 25.0. The van der Waals surface area contributed by atoms with Gasteiger partial charge in [-0.3, -0.25) is 4.79 Å². The predicted molar refractivity (Wildman–Crippen MR) is 143 cm³/mol. The van der Waals surface area contributed by atoms with Crippen LogP contribution in [0.2, 0.25) is 5.02 Å². The Morgan fingerprint density at radius 1 is 0.941 bits per heavy atom. The third-order valence-electron chi connectivity index (χ3n) is 6.84. The predicted octanol–water partition coefficient (Wildman–Crippen LogP) is 6.79. The minimum absolute atomic E-state index is 0.00536. The van der Waals surface area contributed by atoms with Crippen LogP contribution >= 0.6 is 11.6 Å². The van der Waals surface area contributed by atoms with Gasteiger partial charge in [-0.25, -0.2) is 0 Å². The molecule has 1 N–H and O–H groups in total. The summed E-state index contributed by atoms with van der Waals surface area (Å²) in [6.45, 7) is 5.17. The molecule has 0 heterocycles. The van der Waals surface area contributed by atoms with Crippen LogP contribution in [0.1, 0.15) is 54.1 Å². The molecule has 0 radical (unpaired) electrons. The lowest BCUT2D eigenvalue weighted by Crippen LogP contribution is -2.40. The van der Waals surface area contributed by atoms with Gasteiger partial charge in [0, 0.05) is 23.2 Å². The second kappa shape index (κ2) is 12.2. The van der Waals surface area contributed by atoms with E-state index in [1.807, 2.05) is 48.5 Å². The van der Waals surface area contributed by atoms with Crippen molar-refractivity contribution in [3.63, 3.8) is 0 Å². The molecule has 0 fully saturated rings. The maximum Gasteiger partial charge on any atom is 0.251 e. The van der Waals surface area contributed by atoms with E-state index in [0.717, 1.165) is 61.3 Å². The number of benzene rings is 3. The number of carbonyl (C=O) groups is 1. The highest BCUT2D eigenvalue weighted by molar-refractivity contribution is 6.31. The quantitative estimate of drug-likeness (QED) is 0.328. The lowest BCUT2D eigenvalue weighted by atomic mass is 9.87. The van der Waals surface area contributed by atoms with E-state index in [1.165, 1.54) is 17.5 Å². The van der Waals surface area contributed by atoms with E-state index < -0.39 is 0 Å². The summed E-state index contributed by atoms with van der Waals surface area (Å²) in [4.78, 5) is 15.2. The van der Waals surface area contributed by atoms with Crippen LogP contribution in [-0.2, 0) is 12.8 Å². The molecule has 0 aliphatic heterocycles. The van der Waals surface area contributed by atoms with Crippen molar-refractivity contribution in [1.29, 1.82) is 0 Å². The number of nitrogens with one attached hydrogen (secondary N) is 1. The molecule has 3 aromatic rings. The first kappa shape index (κ1) is 24.5. The molecule has 1 aliphatic rings. The van der Waals surface area contributed by atoms with Gasteiger partial charge in [0.15, 0.2) is 0 Å². The van der Waals surface area contributed by atoms with Crippen molar-refractivity contribution >= 4 is 17.5 Å². The Morgan fingerprint density at radius 3 is 2.47 bits per heavy atom. The average molecular weight is 475 g/mol. The minimum Gasteiger partial charge on any atom is -0.352 e. The number of hydrogen-bond donors (Lipinski definition) is 1. The zero-order valence-electron chi connectivity index (χ0n) is 20.1. The van der Waals surface area contributed by atoms with Crippen LogP contribution in [0.4, 0.5) is 0 Å². The topological polar surface area (TPSA) is 32.3 Å². The molecular formula is C30H35ClN2O. The first-order valence-corrected chi connectivity index (χ1v) is 13.0. The van der Waals surface area contributed by atoms with Gasteiger partial charge in [0.1, 0.15) is 0 Å². The molecule has 0 unspecified atom stereocenters. The van der Waals surface area contributed by atoms with E-state index in [4.69, 9.17) is 11.6 Å². The van der Waals surface area contributed by atoms with Crippen LogP contribution < -0.4 is 5.32 Å². The van der Waals surface area contributed by atoms with Gasteiger partial charge < -0.3 is 10.2 Å². The van der Waals surface area contributed by atoms with Crippen molar-refractivity contribution in [2.75, 3.05) is 19.6 Å². The molecule has 1 amide bonds. The average Bonchev–Trinajstić information content (AvgIpc) is 2.88. The fraction of sp³-hybridized carbons (Fsp3) is 0.367. The van der Waals surface area contributed by atoms with Crippen molar-refractivity contribution in [2.45, 2.75) is 51.5 Å². The number of amides is 1. The Morgan fingerprint density at radius 2 is 1.71 bits per heavy atom. The van der Waals surface area contributed by atoms with Gasteiger partial charge in [0.25, 0.3) is 5.91 Å². The number of rotatable bonds is 10. The van der Waals surface area contributed by atoms with Crippen LogP contribution in [0, 0.1) is 0 Å². The molecule has 0 spiro atoms. The van der Waals surface area contributed by atoms with E-state index in [-0.39, 0.29) is 5.91 Å². The largest absolute Gasteiger partial charge is 0.352 e. The highest BCUT2D eigenvalue weighted by Crippen LogP contribution is 2.30. The molecule has 3 aromatic carbocycles. The molecule has 0 saturated heterocycles. The van der Waals surface area contributed by atoms with E-state index in [2.05, 4.69) is 41.4 Å². The summed E-state index contributed by atoms with van der Waals surface area (Å²) in [5.74, 6) is 0.00536. The van der Waals surface area contributed by atoms with E-state index in [1.54, 1.807) is 0 Å².